The summed E-state index contributed by atoms with van der Waals surface area (Å²) in [6.07, 6.45) is 4.37. The molecule has 2 N–H and O–H groups in total. The Bertz CT molecular complexity index is 791. The van der Waals surface area contributed by atoms with Gasteiger partial charge >= 0.3 is 12.2 Å². The Labute approximate surface area is 216 Å². The van der Waals surface area contributed by atoms with Crippen LogP contribution < -0.4 is 10.6 Å². The summed E-state index contributed by atoms with van der Waals surface area (Å²) < 4.78 is 16.4. The molecule has 4 aliphatic rings. The van der Waals surface area contributed by atoms with Crippen LogP contribution in [0.15, 0.2) is 0 Å². The highest BCUT2D eigenvalue weighted by Crippen LogP contribution is 2.50. The maximum atomic E-state index is 12.7. The molecular weight excluding hydrogens is 462 g/mol. The first-order chi connectivity index (χ1) is 17.0. The molecule has 3 heterocycles. The van der Waals surface area contributed by atoms with Gasteiger partial charge in [0.05, 0.1) is 24.9 Å². The smallest absolute Gasteiger partial charge is 0.407 e. The highest BCUT2D eigenvalue weighted by Gasteiger charge is 2.62. The number of ether oxygens (including phenoxy) is 3. The Morgan fingerprint density at radius 1 is 1.00 bits per heavy atom. The molecule has 0 bridgehead atoms. The molecule has 4 fully saturated rings. The molecule has 206 valence electrons. The lowest BCUT2D eigenvalue weighted by atomic mass is 9.62. The van der Waals surface area contributed by atoms with Crippen LogP contribution in [0.2, 0.25) is 0 Å². The Kier molecular flexibility index (Phi) is 8.38. The lowest BCUT2D eigenvalue weighted by Gasteiger charge is -2.59. The number of carbonyl (C=O) groups is 2. The van der Waals surface area contributed by atoms with Gasteiger partial charge in [0.15, 0.2) is 0 Å². The summed E-state index contributed by atoms with van der Waals surface area (Å²) in [5.41, 5.74) is 0.189. The van der Waals surface area contributed by atoms with Gasteiger partial charge < -0.3 is 29.7 Å². The molecule has 1 saturated carbocycles. The van der Waals surface area contributed by atoms with Crippen molar-refractivity contribution < 1.29 is 23.8 Å². The molecule has 1 aliphatic carbocycles. The molecule has 36 heavy (non-hydrogen) atoms. The minimum Gasteiger partial charge on any atom is -0.448 e. The van der Waals surface area contributed by atoms with E-state index in [0.717, 1.165) is 38.9 Å². The molecule has 4 unspecified atom stereocenters. The van der Waals surface area contributed by atoms with Crippen LogP contribution in [-0.4, -0.2) is 118 Å². The normalized spacial score (nSPS) is 33.2. The number of hydrogen-bond donors (Lipinski definition) is 2. The fraction of sp³-hybridized carbons (Fsp3) is 0.923. The molecule has 3 saturated heterocycles. The number of amides is 2. The lowest BCUT2D eigenvalue weighted by molar-refractivity contribution is -0.149. The van der Waals surface area contributed by atoms with Gasteiger partial charge in [0.25, 0.3) is 0 Å². The van der Waals surface area contributed by atoms with Crippen LogP contribution in [0, 0.1) is 10.8 Å². The number of carbonyl (C=O) groups excluding carboxylic acids is 2. The van der Waals surface area contributed by atoms with E-state index in [4.69, 9.17) is 14.2 Å². The first kappa shape index (κ1) is 27.4. The van der Waals surface area contributed by atoms with Crippen LogP contribution in [-0.2, 0) is 14.2 Å². The molecular formula is C26H47N5O5. The topological polar surface area (TPSA) is 95.6 Å². The van der Waals surface area contributed by atoms with E-state index in [2.05, 4.69) is 41.2 Å². The molecule has 3 aliphatic heterocycles. The zero-order valence-corrected chi connectivity index (χ0v) is 22.9. The third-order valence-corrected chi connectivity index (χ3v) is 8.51. The molecule has 0 aromatic carbocycles. The zero-order valence-electron chi connectivity index (χ0n) is 22.9. The Morgan fingerprint density at radius 3 is 2.42 bits per heavy atom. The molecule has 0 radical (unpaired) electrons. The van der Waals surface area contributed by atoms with Crippen LogP contribution in [0.4, 0.5) is 9.59 Å². The van der Waals surface area contributed by atoms with Gasteiger partial charge in [0.2, 0.25) is 0 Å². The Balaban J connectivity index is 1.16. The van der Waals surface area contributed by atoms with E-state index < -0.39 is 6.09 Å². The predicted octanol–water partition coefficient (Wildman–Crippen LogP) is 2.09. The van der Waals surface area contributed by atoms with E-state index >= 15 is 0 Å². The average Bonchev–Trinajstić information content (AvgIpc) is 2.87. The van der Waals surface area contributed by atoms with Gasteiger partial charge in [-0.2, -0.15) is 0 Å². The average molecular weight is 510 g/mol. The number of rotatable bonds is 11. The molecule has 0 aromatic rings. The van der Waals surface area contributed by atoms with Crippen molar-refractivity contribution >= 4 is 12.2 Å². The minimum absolute atomic E-state index is 0.00743. The maximum absolute atomic E-state index is 12.7. The monoisotopic (exact) mass is 509 g/mol. The first-order valence-corrected chi connectivity index (χ1v) is 13.6. The number of hydrogen-bond acceptors (Lipinski definition) is 8. The summed E-state index contributed by atoms with van der Waals surface area (Å²) in [6.45, 7) is 12.9. The van der Waals surface area contributed by atoms with Crippen molar-refractivity contribution in [3.63, 3.8) is 0 Å². The number of nitrogens with one attached hydrogen (secondary N) is 2. The summed E-state index contributed by atoms with van der Waals surface area (Å²) in [5.74, 6) is 0. The highest BCUT2D eigenvalue weighted by molar-refractivity contribution is 5.68. The number of alkyl carbamates (subject to hydrolysis) is 2. The minimum atomic E-state index is -0.426. The second-order valence-electron chi connectivity index (χ2n) is 12.7. The Morgan fingerprint density at radius 2 is 1.78 bits per heavy atom. The molecule has 10 heteroatoms. The van der Waals surface area contributed by atoms with E-state index in [1.165, 1.54) is 19.4 Å². The van der Waals surface area contributed by atoms with Crippen LogP contribution in [0.25, 0.3) is 0 Å². The van der Waals surface area contributed by atoms with Crippen LogP contribution in [0.1, 0.15) is 52.9 Å². The summed E-state index contributed by atoms with van der Waals surface area (Å²) in [4.78, 5) is 32.0. The van der Waals surface area contributed by atoms with Crippen LogP contribution in [0.3, 0.4) is 0 Å². The van der Waals surface area contributed by atoms with Gasteiger partial charge in [0, 0.05) is 38.8 Å². The summed E-state index contributed by atoms with van der Waals surface area (Å²) in [5, 5.41) is 6.05. The molecule has 4 rings (SSSR count). The van der Waals surface area contributed by atoms with Gasteiger partial charge in [-0.25, -0.2) is 9.59 Å². The summed E-state index contributed by atoms with van der Waals surface area (Å²) >= 11 is 0. The van der Waals surface area contributed by atoms with Crippen molar-refractivity contribution in [2.45, 2.75) is 70.6 Å². The van der Waals surface area contributed by atoms with Crippen molar-refractivity contribution in [2.24, 2.45) is 10.8 Å². The third kappa shape index (κ3) is 6.44. The standard InChI is InChI=1S/C26H47N5O5/c1-24(2)14-20(28-23(33)36-17-21-16-30-8-6-26(30)7-9-31(21)26)15-25(3,18-24)19-27-22(32)35-13-12-34-11-10-29(4)5/h20-21H,6-19H2,1-5H3,(H,27,32)(H,28,33). The van der Waals surface area contributed by atoms with E-state index in [1.54, 1.807) is 0 Å². The second kappa shape index (κ2) is 11.0. The van der Waals surface area contributed by atoms with Gasteiger partial charge in [-0.1, -0.05) is 20.8 Å². The third-order valence-electron chi connectivity index (χ3n) is 8.51. The van der Waals surface area contributed by atoms with Gasteiger partial charge in [-0.15, -0.1) is 0 Å². The maximum Gasteiger partial charge on any atom is 0.407 e. The first-order valence-electron chi connectivity index (χ1n) is 13.6. The van der Waals surface area contributed by atoms with Gasteiger partial charge in [-0.3, -0.25) is 9.80 Å². The van der Waals surface area contributed by atoms with E-state index in [1.807, 2.05) is 19.0 Å². The van der Waals surface area contributed by atoms with Gasteiger partial charge in [0.1, 0.15) is 13.2 Å². The van der Waals surface area contributed by atoms with Gasteiger partial charge in [-0.05, 0) is 57.0 Å². The fourth-order valence-electron chi connectivity index (χ4n) is 7.04. The quantitative estimate of drug-likeness (QED) is 0.409. The van der Waals surface area contributed by atoms with E-state index in [-0.39, 0.29) is 29.6 Å². The van der Waals surface area contributed by atoms with Crippen molar-refractivity contribution in [1.82, 2.24) is 25.3 Å². The molecule has 4 atom stereocenters. The molecule has 1 spiro atoms. The number of likely N-dealkylation sites (N-methyl/N-ethyl adjacent to an activating group) is 1. The van der Waals surface area contributed by atoms with Crippen molar-refractivity contribution in [3.8, 4) is 0 Å². The largest absolute Gasteiger partial charge is 0.448 e. The molecule has 10 nitrogen and oxygen atoms in total. The summed E-state index contributed by atoms with van der Waals surface area (Å²) in [7, 11) is 3.98. The van der Waals surface area contributed by atoms with Crippen molar-refractivity contribution in [1.29, 1.82) is 0 Å². The molecule has 0 aromatic heterocycles. The SMILES string of the molecule is CN(C)CCOCCOC(=O)NCC1(C)CC(NC(=O)OCC2CN3CCC34CCN24)CC(C)(C)C1. The lowest BCUT2D eigenvalue weighted by Crippen LogP contribution is -2.70. The fourth-order valence-corrected chi connectivity index (χ4v) is 7.04. The van der Waals surface area contributed by atoms with Crippen molar-refractivity contribution in [2.75, 3.05) is 73.2 Å². The van der Waals surface area contributed by atoms with E-state index in [0.29, 0.717) is 38.1 Å². The number of nitrogens with zero attached hydrogens (tertiary/aromatic N) is 3. The second-order valence-corrected chi connectivity index (χ2v) is 12.7. The molecule has 2 amide bonds. The van der Waals surface area contributed by atoms with Crippen LogP contribution in [0.5, 0.6) is 0 Å². The zero-order chi connectivity index (χ0) is 26.0. The van der Waals surface area contributed by atoms with E-state index in [9.17, 15) is 9.59 Å². The Hall–Kier alpha value is -1.62. The highest BCUT2D eigenvalue weighted by atomic mass is 16.6. The van der Waals surface area contributed by atoms with Crippen molar-refractivity contribution in [3.05, 3.63) is 0 Å². The van der Waals surface area contributed by atoms with Crippen LogP contribution >= 0.6 is 0 Å². The predicted molar refractivity (Wildman–Crippen MR) is 137 cm³/mol. The summed E-state index contributed by atoms with van der Waals surface area (Å²) in [6, 6.07) is 0.321.